The van der Waals surface area contributed by atoms with Gasteiger partial charge in [0, 0.05) is 6.07 Å². The van der Waals surface area contributed by atoms with Crippen LogP contribution >= 0.6 is 0 Å². The van der Waals surface area contributed by atoms with Gasteiger partial charge in [0.25, 0.3) is 0 Å². The van der Waals surface area contributed by atoms with E-state index in [0.717, 1.165) is 13.2 Å². The molecule has 26 heavy (non-hydrogen) atoms. The molecule has 2 rings (SSSR count). The van der Waals surface area contributed by atoms with Crippen molar-refractivity contribution in [1.29, 1.82) is 0 Å². The fourth-order valence-electron chi connectivity index (χ4n) is 2.81. The van der Waals surface area contributed by atoms with Crippen LogP contribution in [0.1, 0.15) is 32.6 Å². The molecule has 0 radical (unpaired) electrons. The zero-order chi connectivity index (χ0) is 19.1. The van der Waals surface area contributed by atoms with Crippen LogP contribution in [0.2, 0.25) is 0 Å². The normalized spacial score (nSPS) is 19.3. The lowest BCUT2D eigenvalue weighted by Gasteiger charge is -2.27. The van der Waals surface area contributed by atoms with Gasteiger partial charge < -0.3 is 19.5 Å². The maximum absolute atomic E-state index is 14.1. The number of nitrogens with one attached hydrogen (secondary N) is 1. The van der Waals surface area contributed by atoms with E-state index in [1.54, 1.807) is 6.92 Å². The summed E-state index contributed by atoms with van der Waals surface area (Å²) in [4.78, 5) is 34.2. The van der Waals surface area contributed by atoms with Crippen LogP contribution in [0.4, 0.5) is 10.1 Å². The number of amides is 1. The number of methoxy groups -OCH3 is 1. The topological polar surface area (TPSA) is 90.9 Å². The Hall–Kier alpha value is -2.64. The van der Waals surface area contributed by atoms with Gasteiger partial charge in [-0.3, -0.25) is 9.59 Å². The molecule has 0 heterocycles. The van der Waals surface area contributed by atoms with E-state index in [2.05, 4.69) is 10.1 Å². The Kier molecular flexibility index (Phi) is 6.94. The summed E-state index contributed by atoms with van der Waals surface area (Å²) in [5.74, 6) is -2.86. The minimum atomic E-state index is -1.11. The van der Waals surface area contributed by atoms with E-state index in [-0.39, 0.29) is 23.7 Å². The third-order valence-electron chi connectivity index (χ3n) is 4.16. The molecule has 0 saturated heterocycles. The summed E-state index contributed by atoms with van der Waals surface area (Å²) in [6.07, 6.45) is 2.56. The largest absolute Gasteiger partial charge is 0.490 e. The fraction of sp³-hybridized carbons (Fsp3) is 0.500. The number of anilines is 1. The first-order valence-corrected chi connectivity index (χ1v) is 8.46. The molecule has 1 saturated carbocycles. The Labute approximate surface area is 150 Å². The number of esters is 2. The molecule has 0 atom stereocenters. The lowest BCUT2D eigenvalue weighted by Crippen LogP contribution is -2.29. The molecule has 1 fully saturated rings. The third-order valence-corrected chi connectivity index (χ3v) is 4.16. The van der Waals surface area contributed by atoms with E-state index in [1.807, 2.05) is 0 Å². The molecule has 1 amide bonds. The lowest BCUT2D eigenvalue weighted by atomic mass is 9.87. The first-order chi connectivity index (χ1) is 12.4. The summed E-state index contributed by atoms with van der Waals surface area (Å²) in [5, 5.41) is 2.13. The van der Waals surface area contributed by atoms with Crippen LogP contribution in [0.25, 0.3) is 0 Å². The number of carbonyl (C=O) groups excluding carboxylic acids is 3. The van der Waals surface area contributed by atoms with Gasteiger partial charge in [-0.1, -0.05) is 0 Å². The van der Waals surface area contributed by atoms with E-state index < -0.39 is 17.7 Å². The zero-order valence-corrected chi connectivity index (χ0v) is 14.7. The van der Waals surface area contributed by atoms with E-state index >= 15 is 0 Å². The summed E-state index contributed by atoms with van der Waals surface area (Å²) in [7, 11) is 1.06. The molecule has 1 N–H and O–H groups in total. The Morgan fingerprint density at radius 3 is 2.46 bits per heavy atom. The van der Waals surface area contributed by atoms with Crippen LogP contribution in [0.5, 0.6) is 5.75 Å². The van der Waals surface area contributed by atoms with Crippen molar-refractivity contribution in [3.63, 3.8) is 0 Å². The van der Waals surface area contributed by atoms with Crippen molar-refractivity contribution in [3.05, 3.63) is 24.0 Å². The second kappa shape index (κ2) is 9.17. The van der Waals surface area contributed by atoms with E-state index in [9.17, 15) is 18.8 Å². The summed E-state index contributed by atoms with van der Waals surface area (Å²) >= 11 is 0. The average Bonchev–Trinajstić information content (AvgIpc) is 2.64. The number of rotatable bonds is 5. The number of carbonyl (C=O) groups is 3. The highest BCUT2D eigenvalue weighted by molar-refractivity contribution is 6.37. The Morgan fingerprint density at radius 2 is 1.88 bits per heavy atom. The highest BCUT2D eigenvalue weighted by atomic mass is 19.1. The maximum atomic E-state index is 14.1. The smallest absolute Gasteiger partial charge is 0.396 e. The highest BCUT2D eigenvalue weighted by Crippen LogP contribution is 2.29. The van der Waals surface area contributed by atoms with Crippen molar-refractivity contribution >= 4 is 23.5 Å². The minimum Gasteiger partial charge on any atom is -0.490 e. The monoisotopic (exact) mass is 367 g/mol. The van der Waals surface area contributed by atoms with Gasteiger partial charge in [0.15, 0.2) is 0 Å². The molecule has 0 bridgehead atoms. The van der Waals surface area contributed by atoms with E-state index in [1.165, 1.54) is 12.1 Å². The molecule has 1 aromatic rings. The molecule has 1 aliphatic rings. The molecule has 0 aliphatic heterocycles. The predicted molar refractivity (Wildman–Crippen MR) is 90.1 cm³/mol. The Morgan fingerprint density at radius 1 is 1.19 bits per heavy atom. The standard InChI is InChI=1S/C18H22FNO6/c1-3-25-17(22)11-4-6-12(7-5-11)26-13-8-9-15(14(19)10-13)20-16(21)18(23)24-2/h8-12H,3-7H2,1-2H3,(H,20,21)/t11-,12-. The predicted octanol–water partition coefficient (Wildman–Crippen LogP) is 2.44. The summed E-state index contributed by atoms with van der Waals surface area (Å²) in [6, 6.07) is 3.97. The third kappa shape index (κ3) is 5.18. The summed E-state index contributed by atoms with van der Waals surface area (Å²) in [6.45, 7) is 2.14. The zero-order valence-electron chi connectivity index (χ0n) is 14.7. The maximum Gasteiger partial charge on any atom is 0.396 e. The number of benzene rings is 1. The van der Waals surface area contributed by atoms with Gasteiger partial charge in [0.05, 0.1) is 31.4 Å². The number of hydrogen-bond donors (Lipinski definition) is 1. The van der Waals surface area contributed by atoms with Crippen molar-refractivity contribution in [3.8, 4) is 5.75 Å². The molecular weight excluding hydrogens is 345 g/mol. The van der Waals surface area contributed by atoms with Crippen molar-refractivity contribution in [1.82, 2.24) is 0 Å². The average molecular weight is 367 g/mol. The van der Waals surface area contributed by atoms with Gasteiger partial charge in [0.1, 0.15) is 11.6 Å². The van der Waals surface area contributed by atoms with Crippen LogP contribution < -0.4 is 10.1 Å². The van der Waals surface area contributed by atoms with Crippen LogP contribution in [0, 0.1) is 11.7 Å². The molecule has 1 aromatic carbocycles. The molecule has 142 valence electrons. The lowest BCUT2D eigenvalue weighted by molar-refractivity contribution is -0.150. The van der Waals surface area contributed by atoms with Gasteiger partial charge in [-0.25, -0.2) is 9.18 Å². The molecule has 0 spiro atoms. The van der Waals surface area contributed by atoms with Crippen LogP contribution in [-0.2, 0) is 23.9 Å². The summed E-state index contributed by atoms with van der Waals surface area (Å²) in [5.41, 5.74) is -0.140. The Bertz CT molecular complexity index is 670. The SMILES string of the molecule is CCOC(=O)[C@H]1CC[C@H](Oc2ccc(NC(=O)C(=O)OC)c(F)c2)CC1. The van der Waals surface area contributed by atoms with E-state index in [0.29, 0.717) is 38.0 Å². The van der Waals surface area contributed by atoms with Crippen molar-refractivity contribution < 1.29 is 33.0 Å². The quantitative estimate of drug-likeness (QED) is 0.635. The minimum absolute atomic E-state index is 0.109. The second-order valence-corrected chi connectivity index (χ2v) is 5.93. The molecule has 1 aliphatic carbocycles. The number of ether oxygens (including phenoxy) is 3. The number of halogens is 1. The van der Waals surface area contributed by atoms with Gasteiger partial charge in [-0.2, -0.15) is 0 Å². The molecular formula is C18H22FNO6. The molecule has 0 aromatic heterocycles. The van der Waals surface area contributed by atoms with Crippen molar-refractivity contribution in [2.45, 2.75) is 38.7 Å². The molecule has 0 unspecified atom stereocenters. The first-order valence-electron chi connectivity index (χ1n) is 8.46. The van der Waals surface area contributed by atoms with E-state index in [4.69, 9.17) is 9.47 Å². The van der Waals surface area contributed by atoms with Gasteiger partial charge in [0.2, 0.25) is 0 Å². The Balaban J connectivity index is 1.89. The van der Waals surface area contributed by atoms with Gasteiger partial charge in [-0.15, -0.1) is 0 Å². The fourth-order valence-corrected chi connectivity index (χ4v) is 2.81. The van der Waals surface area contributed by atoms with Crippen LogP contribution in [0.3, 0.4) is 0 Å². The van der Waals surface area contributed by atoms with Crippen molar-refractivity contribution in [2.75, 3.05) is 19.0 Å². The first kappa shape index (κ1) is 19.7. The molecule has 7 nitrogen and oxygen atoms in total. The highest BCUT2D eigenvalue weighted by Gasteiger charge is 2.28. The molecule has 8 heteroatoms. The second-order valence-electron chi connectivity index (χ2n) is 5.93. The van der Waals surface area contributed by atoms with Gasteiger partial charge in [-0.05, 0) is 44.7 Å². The van der Waals surface area contributed by atoms with Crippen LogP contribution in [-0.4, -0.2) is 37.7 Å². The van der Waals surface area contributed by atoms with Crippen LogP contribution in [0.15, 0.2) is 18.2 Å². The van der Waals surface area contributed by atoms with Gasteiger partial charge >= 0.3 is 17.8 Å². The van der Waals surface area contributed by atoms with Crippen molar-refractivity contribution in [2.24, 2.45) is 5.92 Å². The summed E-state index contributed by atoms with van der Waals surface area (Å²) < 4.78 is 29.1. The number of hydrogen-bond acceptors (Lipinski definition) is 6.